The van der Waals surface area contributed by atoms with Crippen molar-refractivity contribution in [3.05, 3.63) is 29.6 Å². The molecule has 1 aromatic rings. The van der Waals surface area contributed by atoms with Crippen molar-refractivity contribution in [1.29, 1.82) is 0 Å². The Labute approximate surface area is 119 Å². The summed E-state index contributed by atoms with van der Waals surface area (Å²) >= 11 is 0. The van der Waals surface area contributed by atoms with Crippen molar-refractivity contribution in [2.45, 2.75) is 56.8 Å². The fourth-order valence-electron chi connectivity index (χ4n) is 3.45. The van der Waals surface area contributed by atoms with Gasteiger partial charge in [-0.15, -0.1) is 0 Å². The molecule has 1 saturated carbocycles. The fourth-order valence-corrected chi connectivity index (χ4v) is 3.45. The predicted octanol–water partition coefficient (Wildman–Crippen LogP) is 3.16. The van der Waals surface area contributed by atoms with Gasteiger partial charge in [0.25, 0.3) is 0 Å². The van der Waals surface area contributed by atoms with Gasteiger partial charge in [0.15, 0.2) is 11.6 Å². The predicted molar refractivity (Wildman–Crippen MR) is 75.1 cm³/mol. The van der Waals surface area contributed by atoms with E-state index in [0.29, 0.717) is 12.2 Å². The highest BCUT2D eigenvalue weighted by atomic mass is 19.1. The van der Waals surface area contributed by atoms with Crippen LogP contribution in [0.1, 0.15) is 44.1 Å². The summed E-state index contributed by atoms with van der Waals surface area (Å²) in [6, 6.07) is 4.86. The Kier molecular flexibility index (Phi) is 3.94. The Morgan fingerprint density at radius 3 is 2.85 bits per heavy atom. The first-order valence-electron chi connectivity index (χ1n) is 7.50. The molecule has 2 N–H and O–H groups in total. The molecule has 0 aromatic heterocycles. The summed E-state index contributed by atoms with van der Waals surface area (Å²) < 4.78 is 25.6. The smallest absolute Gasteiger partial charge is 0.165 e. The van der Waals surface area contributed by atoms with Gasteiger partial charge in [-0.3, -0.25) is 0 Å². The van der Waals surface area contributed by atoms with E-state index in [1.54, 1.807) is 12.1 Å². The van der Waals surface area contributed by atoms with Crippen LogP contribution in [0.2, 0.25) is 0 Å². The topological polar surface area (TPSA) is 44.5 Å². The maximum Gasteiger partial charge on any atom is 0.165 e. The summed E-state index contributed by atoms with van der Waals surface area (Å²) in [5.74, 6) is -0.0625. The van der Waals surface area contributed by atoms with Crippen molar-refractivity contribution < 1.29 is 13.9 Å². The van der Waals surface area contributed by atoms with Gasteiger partial charge in [-0.25, -0.2) is 4.39 Å². The zero-order valence-corrected chi connectivity index (χ0v) is 11.7. The lowest BCUT2D eigenvalue weighted by Gasteiger charge is -2.24. The van der Waals surface area contributed by atoms with Crippen LogP contribution in [0, 0.1) is 5.82 Å². The molecule has 1 spiro atoms. The molecular weight excluding hydrogens is 257 g/mol. The number of halogens is 1. The molecule has 1 unspecified atom stereocenters. The normalized spacial score (nSPS) is 24.4. The van der Waals surface area contributed by atoms with Crippen LogP contribution in [-0.2, 0) is 11.3 Å². The minimum atomic E-state index is -0.346. The van der Waals surface area contributed by atoms with Crippen LogP contribution >= 0.6 is 0 Å². The molecule has 2 fully saturated rings. The molecule has 1 aromatic carbocycles. The molecule has 1 aliphatic carbocycles. The maximum absolute atomic E-state index is 13.8. The summed E-state index contributed by atoms with van der Waals surface area (Å²) in [4.78, 5) is 0. The quantitative estimate of drug-likeness (QED) is 0.920. The van der Waals surface area contributed by atoms with Crippen molar-refractivity contribution >= 4 is 0 Å². The standard InChI is InChI=1S/C16H22FNO2/c17-14-5-3-4-12(10-18)15(14)19-11-13-6-9-16(20-13)7-1-2-8-16/h3-5,13H,1-2,6-11,18H2. The van der Waals surface area contributed by atoms with Crippen LogP contribution in [0.5, 0.6) is 5.75 Å². The first-order valence-corrected chi connectivity index (χ1v) is 7.50. The van der Waals surface area contributed by atoms with Gasteiger partial charge in [-0.2, -0.15) is 0 Å². The second-order valence-electron chi connectivity index (χ2n) is 5.91. The van der Waals surface area contributed by atoms with Gasteiger partial charge in [0, 0.05) is 12.1 Å². The highest BCUT2D eigenvalue weighted by molar-refractivity contribution is 5.34. The Bertz CT molecular complexity index is 472. The number of benzene rings is 1. The number of para-hydroxylation sites is 1. The van der Waals surface area contributed by atoms with E-state index in [-0.39, 0.29) is 29.8 Å². The zero-order chi connectivity index (χ0) is 14.0. The van der Waals surface area contributed by atoms with Crippen LogP contribution in [0.15, 0.2) is 18.2 Å². The molecule has 1 aliphatic heterocycles. The number of hydrogen-bond donors (Lipinski definition) is 1. The molecule has 1 heterocycles. The maximum atomic E-state index is 13.8. The number of ether oxygens (including phenoxy) is 2. The molecule has 110 valence electrons. The van der Waals surface area contributed by atoms with Crippen molar-refractivity contribution in [3.63, 3.8) is 0 Å². The third-order valence-electron chi connectivity index (χ3n) is 4.54. The van der Waals surface area contributed by atoms with Crippen LogP contribution < -0.4 is 10.5 Å². The molecule has 20 heavy (non-hydrogen) atoms. The van der Waals surface area contributed by atoms with Crippen molar-refractivity contribution in [3.8, 4) is 5.75 Å². The lowest BCUT2D eigenvalue weighted by atomic mass is 9.98. The molecular formula is C16H22FNO2. The van der Waals surface area contributed by atoms with E-state index in [2.05, 4.69) is 0 Å². The van der Waals surface area contributed by atoms with Gasteiger partial charge < -0.3 is 15.2 Å². The third kappa shape index (κ3) is 2.67. The van der Waals surface area contributed by atoms with Crippen LogP contribution in [0.25, 0.3) is 0 Å². The third-order valence-corrected chi connectivity index (χ3v) is 4.54. The molecule has 1 atom stereocenters. The van der Waals surface area contributed by atoms with Crippen molar-refractivity contribution in [2.75, 3.05) is 6.61 Å². The summed E-state index contributed by atoms with van der Waals surface area (Å²) in [5.41, 5.74) is 6.42. The summed E-state index contributed by atoms with van der Waals surface area (Å²) in [6.07, 6.45) is 7.05. The molecule has 3 nitrogen and oxygen atoms in total. The highest BCUT2D eigenvalue weighted by Crippen LogP contribution is 2.43. The largest absolute Gasteiger partial charge is 0.487 e. The molecule has 0 bridgehead atoms. The lowest BCUT2D eigenvalue weighted by Crippen LogP contribution is -2.27. The summed E-state index contributed by atoms with van der Waals surface area (Å²) in [5, 5.41) is 0. The van der Waals surface area contributed by atoms with E-state index in [4.69, 9.17) is 15.2 Å². The van der Waals surface area contributed by atoms with Gasteiger partial charge in [-0.05, 0) is 31.7 Å². The van der Waals surface area contributed by atoms with Crippen LogP contribution in [0.3, 0.4) is 0 Å². The minimum Gasteiger partial charge on any atom is -0.487 e. The average Bonchev–Trinajstić information content (AvgIpc) is 3.08. The van der Waals surface area contributed by atoms with E-state index in [1.807, 2.05) is 0 Å². The van der Waals surface area contributed by atoms with E-state index in [1.165, 1.54) is 18.9 Å². The first kappa shape index (κ1) is 13.8. The number of hydrogen-bond acceptors (Lipinski definition) is 3. The molecule has 1 saturated heterocycles. The Hall–Kier alpha value is -1.13. The monoisotopic (exact) mass is 279 g/mol. The van der Waals surface area contributed by atoms with Crippen LogP contribution in [0.4, 0.5) is 4.39 Å². The van der Waals surface area contributed by atoms with E-state index < -0.39 is 0 Å². The zero-order valence-electron chi connectivity index (χ0n) is 11.7. The lowest BCUT2D eigenvalue weighted by molar-refractivity contribution is -0.0513. The molecule has 0 radical (unpaired) electrons. The van der Waals surface area contributed by atoms with Gasteiger partial charge in [0.2, 0.25) is 0 Å². The first-order chi connectivity index (χ1) is 9.72. The second kappa shape index (κ2) is 5.70. The van der Waals surface area contributed by atoms with Gasteiger partial charge in [0.05, 0.1) is 11.7 Å². The van der Waals surface area contributed by atoms with Gasteiger partial charge in [-0.1, -0.05) is 25.0 Å². The second-order valence-corrected chi connectivity index (χ2v) is 5.91. The average molecular weight is 279 g/mol. The summed E-state index contributed by atoms with van der Waals surface area (Å²) in [7, 11) is 0. The highest BCUT2D eigenvalue weighted by Gasteiger charge is 2.42. The molecule has 2 aliphatic rings. The SMILES string of the molecule is NCc1cccc(F)c1OCC1CCC2(CCCC2)O1. The minimum absolute atomic E-state index is 0.0818. The van der Waals surface area contributed by atoms with Gasteiger partial charge >= 0.3 is 0 Å². The summed E-state index contributed by atoms with van der Waals surface area (Å²) in [6.45, 7) is 0.693. The van der Waals surface area contributed by atoms with E-state index >= 15 is 0 Å². The van der Waals surface area contributed by atoms with E-state index in [0.717, 1.165) is 25.7 Å². The molecule has 3 rings (SSSR count). The Morgan fingerprint density at radius 2 is 2.10 bits per heavy atom. The Balaban J connectivity index is 1.60. The Morgan fingerprint density at radius 1 is 1.30 bits per heavy atom. The van der Waals surface area contributed by atoms with Crippen molar-refractivity contribution in [1.82, 2.24) is 0 Å². The number of nitrogens with two attached hydrogens (primary N) is 1. The van der Waals surface area contributed by atoms with Crippen molar-refractivity contribution in [2.24, 2.45) is 5.73 Å². The molecule has 4 heteroatoms. The fraction of sp³-hybridized carbons (Fsp3) is 0.625. The van der Waals surface area contributed by atoms with Gasteiger partial charge in [0.1, 0.15) is 6.61 Å². The molecule has 0 amide bonds. The van der Waals surface area contributed by atoms with Crippen LogP contribution in [-0.4, -0.2) is 18.3 Å². The van der Waals surface area contributed by atoms with E-state index in [9.17, 15) is 4.39 Å². The number of rotatable bonds is 4.